The average Bonchev–Trinajstić information content (AvgIpc) is 2.70. The lowest BCUT2D eigenvalue weighted by atomic mass is 9.80. The summed E-state index contributed by atoms with van der Waals surface area (Å²) in [6.07, 6.45) is 2.97. The fourth-order valence-corrected chi connectivity index (χ4v) is 4.60. The summed E-state index contributed by atoms with van der Waals surface area (Å²) in [5.74, 6) is 1.01. The number of nitrogen functional groups attached to an aromatic ring is 1. The van der Waals surface area contributed by atoms with Crippen LogP contribution in [0.2, 0.25) is 0 Å². The van der Waals surface area contributed by atoms with Crippen LogP contribution in [-0.4, -0.2) is 24.7 Å². The second kappa shape index (κ2) is 5.10. The van der Waals surface area contributed by atoms with E-state index in [0.717, 1.165) is 30.6 Å². The van der Waals surface area contributed by atoms with Crippen LogP contribution in [0.4, 0.5) is 5.13 Å². The van der Waals surface area contributed by atoms with E-state index in [1.807, 2.05) is 0 Å². The Hall–Kier alpha value is -0.730. The summed E-state index contributed by atoms with van der Waals surface area (Å²) < 4.78 is 26.8. The molecule has 0 amide bonds. The molecule has 1 aromatic rings. The summed E-state index contributed by atoms with van der Waals surface area (Å²) in [6, 6.07) is -0.0173. The van der Waals surface area contributed by atoms with Gasteiger partial charge in [0.15, 0.2) is 0 Å². The predicted molar refractivity (Wildman–Crippen MR) is 70.6 cm³/mol. The zero-order valence-electron chi connectivity index (χ0n) is 10.5. The zero-order chi connectivity index (χ0) is 13.3. The fourth-order valence-electron chi connectivity index (χ4n) is 2.42. The zero-order valence-corrected chi connectivity index (χ0v) is 12.1. The number of aromatic nitrogens is 2. The molecule has 102 valence electrons. The average molecular weight is 290 g/mol. The molecule has 1 aliphatic rings. The second-order valence-electron chi connectivity index (χ2n) is 5.03. The fraction of sp³-hybridized carbons (Fsp3) is 0.800. The van der Waals surface area contributed by atoms with Crippen molar-refractivity contribution < 1.29 is 8.42 Å². The van der Waals surface area contributed by atoms with Gasteiger partial charge in [0.2, 0.25) is 9.47 Å². The molecule has 0 aliphatic heterocycles. The van der Waals surface area contributed by atoms with Crippen LogP contribution in [0, 0.1) is 11.8 Å². The molecule has 3 atom stereocenters. The van der Waals surface area contributed by atoms with E-state index in [2.05, 4.69) is 28.8 Å². The first-order valence-corrected chi connectivity index (χ1v) is 8.30. The van der Waals surface area contributed by atoms with Crippen molar-refractivity contribution >= 4 is 26.5 Å². The summed E-state index contributed by atoms with van der Waals surface area (Å²) >= 11 is 0.890. The molecule has 1 aromatic heterocycles. The van der Waals surface area contributed by atoms with Crippen molar-refractivity contribution in [1.82, 2.24) is 14.9 Å². The molecule has 8 heteroatoms. The highest BCUT2D eigenvalue weighted by Gasteiger charge is 2.30. The van der Waals surface area contributed by atoms with E-state index in [4.69, 9.17) is 5.73 Å². The minimum absolute atomic E-state index is 0.0173. The molecule has 18 heavy (non-hydrogen) atoms. The van der Waals surface area contributed by atoms with Crippen LogP contribution >= 0.6 is 11.3 Å². The quantitative estimate of drug-likeness (QED) is 0.872. The molecular weight excluding hydrogens is 272 g/mol. The van der Waals surface area contributed by atoms with Gasteiger partial charge in [-0.2, -0.15) is 0 Å². The van der Waals surface area contributed by atoms with Gasteiger partial charge in [0.1, 0.15) is 0 Å². The van der Waals surface area contributed by atoms with Crippen molar-refractivity contribution in [2.45, 2.75) is 43.5 Å². The largest absolute Gasteiger partial charge is 0.374 e. The van der Waals surface area contributed by atoms with Crippen LogP contribution in [0.1, 0.15) is 33.1 Å². The van der Waals surface area contributed by atoms with Crippen molar-refractivity contribution in [2.75, 3.05) is 5.73 Å². The maximum atomic E-state index is 12.1. The molecule has 6 nitrogen and oxygen atoms in total. The van der Waals surface area contributed by atoms with Gasteiger partial charge in [0, 0.05) is 6.04 Å². The second-order valence-corrected chi connectivity index (χ2v) is 7.93. The Labute approximate surface area is 111 Å². The van der Waals surface area contributed by atoms with Gasteiger partial charge in [0.25, 0.3) is 10.0 Å². The van der Waals surface area contributed by atoms with Gasteiger partial charge < -0.3 is 5.73 Å². The Balaban J connectivity index is 2.09. The molecule has 1 heterocycles. The SMILES string of the molecule is CC1CCC(NS(=O)(=O)c2nnc(N)s2)C(C)C1. The number of nitrogens with two attached hydrogens (primary N) is 1. The number of nitrogens with zero attached hydrogens (tertiary/aromatic N) is 2. The Morgan fingerprint density at radius 3 is 2.61 bits per heavy atom. The topological polar surface area (TPSA) is 98.0 Å². The molecule has 1 aliphatic carbocycles. The maximum absolute atomic E-state index is 12.1. The summed E-state index contributed by atoms with van der Waals surface area (Å²) in [7, 11) is -3.57. The van der Waals surface area contributed by atoms with Gasteiger partial charge in [-0.1, -0.05) is 25.2 Å². The normalized spacial score (nSPS) is 29.3. The first-order valence-electron chi connectivity index (χ1n) is 6.00. The van der Waals surface area contributed by atoms with Crippen LogP contribution in [-0.2, 0) is 10.0 Å². The molecule has 3 unspecified atom stereocenters. The first-order chi connectivity index (χ1) is 8.38. The van der Waals surface area contributed by atoms with E-state index < -0.39 is 10.0 Å². The third-order valence-corrected chi connectivity index (χ3v) is 6.00. The molecule has 3 N–H and O–H groups in total. The number of nitrogens with one attached hydrogen (secondary N) is 1. The van der Waals surface area contributed by atoms with Crippen LogP contribution in [0.15, 0.2) is 4.34 Å². The van der Waals surface area contributed by atoms with Gasteiger partial charge >= 0.3 is 0 Å². The molecule has 2 rings (SSSR count). The third kappa shape index (κ3) is 2.99. The predicted octanol–water partition coefficient (Wildman–Crippen LogP) is 1.22. The van der Waals surface area contributed by atoms with E-state index in [1.165, 1.54) is 0 Å². The molecular formula is C10H18N4O2S2. The standard InChI is InChI=1S/C10H18N4O2S2/c1-6-3-4-8(7(2)5-6)14-18(15,16)10-13-12-9(11)17-10/h6-8,14H,3-5H2,1-2H3,(H2,11,12). The van der Waals surface area contributed by atoms with Crippen molar-refractivity contribution in [3.8, 4) is 0 Å². The lowest BCUT2D eigenvalue weighted by molar-refractivity contribution is 0.249. The third-order valence-electron chi connectivity index (χ3n) is 3.39. The molecule has 1 fully saturated rings. The van der Waals surface area contributed by atoms with Crippen LogP contribution < -0.4 is 10.5 Å². The van der Waals surface area contributed by atoms with E-state index in [9.17, 15) is 8.42 Å². The van der Waals surface area contributed by atoms with Gasteiger partial charge in [-0.15, -0.1) is 10.2 Å². The van der Waals surface area contributed by atoms with E-state index >= 15 is 0 Å². The highest BCUT2D eigenvalue weighted by atomic mass is 32.2. The maximum Gasteiger partial charge on any atom is 0.270 e. The Morgan fingerprint density at radius 2 is 2.06 bits per heavy atom. The van der Waals surface area contributed by atoms with Crippen LogP contribution in [0.3, 0.4) is 0 Å². The summed E-state index contributed by atoms with van der Waals surface area (Å²) in [5.41, 5.74) is 5.41. The van der Waals surface area contributed by atoms with Crippen molar-refractivity contribution in [3.63, 3.8) is 0 Å². The van der Waals surface area contributed by atoms with E-state index in [1.54, 1.807) is 0 Å². The molecule has 1 saturated carbocycles. The van der Waals surface area contributed by atoms with Gasteiger partial charge in [-0.25, -0.2) is 13.1 Å². The summed E-state index contributed by atoms with van der Waals surface area (Å²) in [6.45, 7) is 4.28. The smallest absolute Gasteiger partial charge is 0.270 e. The van der Waals surface area contributed by atoms with E-state index in [0.29, 0.717) is 11.8 Å². The van der Waals surface area contributed by atoms with Crippen LogP contribution in [0.5, 0.6) is 0 Å². The summed E-state index contributed by atoms with van der Waals surface area (Å²) in [5, 5.41) is 7.29. The Morgan fingerprint density at radius 1 is 1.33 bits per heavy atom. The monoisotopic (exact) mass is 290 g/mol. The minimum atomic E-state index is -3.57. The van der Waals surface area contributed by atoms with Gasteiger partial charge in [-0.05, 0) is 31.1 Å². The molecule has 0 aromatic carbocycles. The van der Waals surface area contributed by atoms with Crippen molar-refractivity contribution in [2.24, 2.45) is 11.8 Å². The number of anilines is 1. The van der Waals surface area contributed by atoms with Gasteiger partial charge in [0.05, 0.1) is 0 Å². The first kappa shape index (κ1) is 13.7. The molecule has 0 spiro atoms. The summed E-state index contributed by atoms with van der Waals surface area (Å²) in [4.78, 5) is 0. The number of rotatable bonds is 3. The van der Waals surface area contributed by atoms with Crippen molar-refractivity contribution in [1.29, 1.82) is 0 Å². The number of sulfonamides is 1. The number of hydrogen-bond acceptors (Lipinski definition) is 6. The Kier molecular flexibility index (Phi) is 3.88. The number of hydrogen-bond donors (Lipinski definition) is 2. The van der Waals surface area contributed by atoms with E-state index in [-0.39, 0.29) is 15.5 Å². The molecule has 0 bridgehead atoms. The van der Waals surface area contributed by atoms with Crippen molar-refractivity contribution in [3.05, 3.63) is 0 Å². The highest BCUT2D eigenvalue weighted by Crippen LogP contribution is 2.30. The Bertz CT molecular complexity index is 514. The highest BCUT2D eigenvalue weighted by molar-refractivity contribution is 7.91. The van der Waals surface area contributed by atoms with Crippen LogP contribution in [0.25, 0.3) is 0 Å². The van der Waals surface area contributed by atoms with Gasteiger partial charge in [-0.3, -0.25) is 0 Å². The lowest BCUT2D eigenvalue weighted by Crippen LogP contribution is -2.42. The lowest BCUT2D eigenvalue weighted by Gasteiger charge is -2.32. The molecule has 0 saturated heterocycles. The minimum Gasteiger partial charge on any atom is -0.374 e. The molecule has 0 radical (unpaired) electrons.